The van der Waals surface area contributed by atoms with Crippen LogP contribution in [0.5, 0.6) is 5.75 Å². The first-order valence-corrected chi connectivity index (χ1v) is 7.97. The van der Waals surface area contributed by atoms with E-state index in [1.54, 1.807) is 0 Å². The van der Waals surface area contributed by atoms with E-state index < -0.39 is 55.9 Å². The van der Waals surface area contributed by atoms with Crippen molar-refractivity contribution < 1.29 is 44.1 Å². The molecule has 1 aromatic heterocycles. The fraction of sp³-hybridized carbons (Fsp3) is 0.154. The van der Waals surface area contributed by atoms with Gasteiger partial charge < -0.3 is 8.92 Å². The molecule has 0 saturated carbocycles. The van der Waals surface area contributed by atoms with E-state index in [9.17, 15) is 40.0 Å². The van der Waals surface area contributed by atoms with Crippen molar-refractivity contribution >= 4 is 16.1 Å². The van der Waals surface area contributed by atoms with Gasteiger partial charge in [-0.1, -0.05) is 0 Å². The summed E-state index contributed by atoms with van der Waals surface area (Å²) in [6.45, 7) is 0. The highest BCUT2D eigenvalue weighted by molar-refractivity contribution is 7.88. The van der Waals surface area contributed by atoms with Gasteiger partial charge in [0.15, 0.2) is 11.6 Å². The summed E-state index contributed by atoms with van der Waals surface area (Å²) in [7, 11) is -5.46. The van der Waals surface area contributed by atoms with E-state index in [0.29, 0.717) is 6.07 Å². The Kier molecular flexibility index (Phi) is 5.21. The molecule has 0 atom stereocenters. The van der Waals surface area contributed by atoms with E-state index in [4.69, 9.17) is 0 Å². The first kappa shape index (κ1) is 20.3. The number of hydrogen-bond donors (Lipinski definition) is 0. The molecule has 0 N–H and O–H groups in total. The summed E-state index contributed by atoms with van der Waals surface area (Å²) in [6, 6.07) is 2.03. The molecule has 0 aliphatic heterocycles. The molecule has 0 aliphatic carbocycles. The van der Waals surface area contributed by atoms with Crippen LogP contribution >= 0.6 is 0 Å². The zero-order valence-electron chi connectivity index (χ0n) is 13.0. The van der Waals surface area contributed by atoms with Gasteiger partial charge in [0.2, 0.25) is 5.69 Å². The molecule has 2 aromatic rings. The maximum absolute atomic E-state index is 13.8. The molecule has 0 spiro atoms. The second-order valence-electron chi connectivity index (χ2n) is 4.68. The molecular formula is C13H7F5N2O6S. The van der Waals surface area contributed by atoms with Gasteiger partial charge >= 0.3 is 21.6 Å². The number of halogens is 5. The quantitative estimate of drug-likeness (QED) is 0.323. The number of esters is 1. The van der Waals surface area contributed by atoms with Crippen molar-refractivity contribution in [1.82, 2.24) is 9.78 Å². The first-order valence-electron chi connectivity index (χ1n) is 6.56. The number of aromatic nitrogens is 2. The van der Waals surface area contributed by atoms with Crippen molar-refractivity contribution in [2.24, 2.45) is 0 Å². The summed E-state index contributed by atoms with van der Waals surface area (Å²) in [6.07, 6.45) is 0. The molecule has 0 aliphatic rings. The number of carbonyl (C=O) groups is 1. The van der Waals surface area contributed by atoms with Crippen LogP contribution < -0.4 is 9.74 Å². The third-order valence-corrected chi connectivity index (χ3v) is 3.86. The first-order chi connectivity index (χ1) is 12.4. The lowest BCUT2D eigenvalue weighted by Crippen LogP contribution is -2.31. The molecule has 0 amide bonds. The molecule has 0 fully saturated rings. The van der Waals surface area contributed by atoms with Gasteiger partial charge in [-0.25, -0.2) is 13.6 Å². The van der Waals surface area contributed by atoms with Crippen LogP contribution in [0.15, 0.2) is 29.1 Å². The molecule has 0 radical (unpaired) electrons. The van der Waals surface area contributed by atoms with Crippen LogP contribution in [-0.2, 0) is 14.9 Å². The molecule has 27 heavy (non-hydrogen) atoms. The van der Waals surface area contributed by atoms with Crippen molar-refractivity contribution in [3.05, 3.63) is 51.9 Å². The van der Waals surface area contributed by atoms with Gasteiger partial charge in [0.1, 0.15) is 11.5 Å². The number of hydrogen-bond acceptors (Lipinski definition) is 7. The van der Waals surface area contributed by atoms with E-state index >= 15 is 0 Å². The third-order valence-electron chi connectivity index (χ3n) is 2.90. The van der Waals surface area contributed by atoms with Crippen LogP contribution in [0.25, 0.3) is 5.69 Å². The van der Waals surface area contributed by atoms with E-state index in [1.807, 2.05) is 0 Å². The van der Waals surface area contributed by atoms with Crippen molar-refractivity contribution in [3.63, 3.8) is 0 Å². The molecule has 1 heterocycles. The van der Waals surface area contributed by atoms with Crippen LogP contribution in [0.2, 0.25) is 0 Å². The maximum atomic E-state index is 13.8. The highest BCUT2D eigenvalue weighted by atomic mass is 32.2. The van der Waals surface area contributed by atoms with Crippen LogP contribution in [0.4, 0.5) is 22.0 Å². The Labute approximate surface area is 146 Å². The van der Waals surface area contributed by atoms with Gasteiger partial charge in [0.05, 0.1) is 13.2 Å². The molecule has 8 nitrogen and oxygen atoms in total. The predicted molar refractivity (Wildman–Crippen MR) is 76.7 cm³/mol. The lowest BCUT2D eigenvalue weighted by atomic mass is 10.3. The average molecular weight is 414 g/mol. The van der Waals surface area contributed by atoms with Crippen LogP contribution in [-0.4, -0.2) is 36.8 Å². The highest BCUT2D eigenvalue weighted by Crippen LogP contribution is 2.28. The Bertz CT molecular complexity index is 1060. The number of rotatable bonds is 4. The van der Waals surface area contributed by atoms with Crippen LogP contribution in [0, 0.1) is 11.6 Å². The Hall–Kier alpha value is -3.03. The van der Waals surface area contributed by atoms with Crippen molar-refractivity contribution in [2.75, 3.05) is 7.11 Å². The van der Waals surface area contributed by atoms with Gasteiger partial charge in [-0.3, -0.25) is 4.79 Å². The number of benzene rings is 1. The minimum absolute atomic E-state index is 0.158. The Morgan fingerprint density at radius 3 is 2.33 bits per heavy atom. The van der Waals surface area contributed by atoms with E-state index in [-0.39, 0.29) is 10.7 Å². The maximum Gasteiger partial charge on any atom is 0.534 e. The van der Waals surface area contributed by atoms with E-state index in [1.165, 1.54) is 0 Å². The number of alkyl halides is 3. The number of ether oxygens (including phenoxy) is 1. The van der Waals surface area contributed by atoms with Crippen molar-refractivity contribution in [2.45, 2.75) is 5.51 Å². The van der Waals surface area contributed by atoms with Gasteiger partial charge in [-0.05, 0) is 12.1 Å². The lowest BCUT2D eigenvalue weighted by molar-refractivity contribution is -0.0500. The Morgan fingerprint density at radius 1 is 1.19 bits per heavy atom. The van der Waals surface area contributed by atoms with Gasteiger partial charge in [0, 0.05) is 6.07 Å². The molecule has 146 valence electrons. The molecule has 2 rings (SSSR count). The van der Waals surface area contributed by atoms with E-state index in [0.717, 1.165) is 19.2 Å². The minimum Gasteiger partial charge on any atom is -0.464 e. The topological polar surface area (TPSA) is 105 Å². The fourth-order valence-electron chi connectivity index (χ4n) is 1.73. The second-order valence-corrected chi connectivity index (χ2v) is 6.22. The zero-order chi connectivity index (χ0) is 20.6. The molecule has 1 aromatic carbocycles. The summed E-state index contributed by atoms with van der Waals surface area (Å²) >= 11 is 0. The fourth-order valence-corrected chi connectivity index (χ4v) is 2.19. The molecular weight excluding hydrogens is 407 g/mol. The monoisotopic (exact) mass is 414 g/mol. The summed E-state index contributed by atoms with van der Waals surface area (Å²) in [5.41, 5.74) is -9.08. The third kappa shape index (κ3) is 4.05. The van der Waals surface area contributed by atoms with E-state index in [2.05, 4.69) is 14.0 Å². The van der Waals surface area contributed by atoms with Gasteiger partial charge in [-0.2, -0.15) is 31.4 Å². The smallest absolute Gasteiger partial charge is 0.464 e. The highest BCUT2D eigenvalue weighted by Gasteiger charge is 2.49. The Morgan fingerprint density at radius 2 is 1.81 bits per heavy atom. The standard InChI is InChI=1S/C13H7F5N2O6S/c1-25-12(22)11-9(26-27(23,24)13(16,17)18)5-10(21)20(19-11)8-3-2-6(14)4-7(8)15/h2-5H,1H3. The molecule has 0 bridgehead atoms. The van der Waals surface area contributed by atoms with Crippen molar-refractivity contribution in [1.29, 1.82) is 0 Å². The molecule has 0 unspecified atom stereocenters. The lowest BCUT2D eigenvalue weighted by Gasteiger charge is -2.13. The largest absolute Gasteiger partial charge is 0.534 e. The molecule has 14 heteroatoms. The SMILES string of the molecule is COC(=O)c1nn(-c2ccc(F)cc2F)c(=O)cc1OS(=O)(=O)C(F)(F)F. The normalized spacial score (nSPS) is 11.9. The van der Waals surface area contributed by atoms with Crippen molar-refractivity contribution in [3.8, 4) is 11.4 Å². The summed E-state index contributed by atoms with van der Waals surface area (Å²) in [5, 5.41) is 3.28. The summed E-state index contributed by atoms with van der Waals surface area (Å²) < 4.78 is 94.5. The number of carbonyl (C=O) groups excluding carboxylic acids is 1. The number of methoxy groups -OCH3 is 1. The average Bonchev–Trinajstić information content (AvgIpc) is 2.54. The summed E-state index contributed by atoms with van der Waals surface area (Å²) in [5.74, 6) is -5.17. The van der Waals surface area contributed by atoms with Crippen LogP contribution in [0.1, 0.15) is 10.5 Å². The minimum atomic E-state index is -6.24. The second kappa shape index (κ2) is 6.94. The van der Waals surface area contributed by atoms with Gasteiger partial charge in [0.25, 0.3) is 5.56 Å². The Balaban J connectivity index is 2.70. The van der Waals surface area contributed by atoms with Crippen LogP contribution in [0.3, 0.4) is 0 Å². The van der Waals surface area contributed by atoms with Gasteiger partial charge in [-0.15, -0.1) is 0 Å². The zero-order valence-corrected chi connectivity index (χ0v) is 13.8. The number of nitrogens with zero attached hydrogens (tertiary/aromatic N) is 2. The summed E-state index contributed by atoms with van der Waals surface area (Å²) in [4.78, 5) is 23.7. The predicted octanol–water partition coefficient (Wildman–Crippen LogP) is 1.53. The molecule has 0 saturated heterocycles.